The molecule has 0 aliphatic rings. The SMILES string of the molecule is CC(C)NCc1nccn1Cc1ccc(O)cc1. The van der Waals surface area contributed by atoms with E-state index in [1.165, 1.54) is 0 Å². The zero-order valence-electron chi connectivity index (χ0n) is 10.8. The van der Waals surface area contributed by atoms with Gasteiger partial charge in [0.15, 0.2) is 0 Å². The Balaban J connectivity index is 2.05. The molecule has 0 radical (unpaired) electrons. The molecule has 1 heterocycles. The van der Waals surface area contributed by atoms with Crippen molar-refractivity contribution in [3.8, 4) is 5.75 Å². The number of hydrogen-bond acceptors (Lipinski definition) is 3. The molecule has 2 N–H and O–H groups in total. The van der Waals surface area contributed by atoms with E-state index in [0.717, 1.165) is 24.5 Å². The van der Waals surface area contributed by atoms with E-state index < -0.39 is 0 Å². The number of phenols is 1. The molecule has 0 spiro atoms. The maximum atomic E-state index is 9.25. The van der Waals surface area contributed by atoms with E-state index in [1.54, 1.807) is 12.1 Å². The molecule has 0 fully saturated rings. The van der Waals surface area contributed by atoms with E-state index in [9.17, 15) is 5.11 Å². The van der Waals surface area contributed by atoms with E-state index in [2.05, 4.69) is 28.7 Å². The highest BCUT2D eigenvalue weighted by atomic mass is 16.3. The Morgan fingerprint density at radius 3 is 2.67 bits per heavy atom. The summed E-state index contributed by atoms with van der Waals surface area (Å²) in [7, 11) is 0. The van der Waals surface area contributed by atoms with Crippen LogP contribution in [0.2, 0.25) is 0 Å². The van der Waals surface area contributed by atoms with Crippen molar-refractivity contribution in [3.05, 3.63) is 48.0 Å². The molecule has 2 aromatic rings. The minimum absolute atomic E-state index is 0.297. The fraction of sp³-hybridized carbons (Fsp3) is 0.357. The Kier molecular flexibility index (Phi) is 3.99. The Hall–Kier alpha value is -1.81. The summed E-state index contributed by atoms with van der Waals surface area (Å²) >= 11 is 0. The van der Waals surface area contributed by atoms with Crippen molar-refractivity contribution in [2.45, 2.75) is 33.0 Å². The standard InChI is InChI=1S/C14H19N3O/c1-11(2)16-9-14-15-7-8-17(14)10-12-3-5-13(18)6-4-12/h3-8,11,16,18H,9-10H2,1-2H3. The maximum Gasteiger partial charge on any atom is 0.122 e. The monoisotopic (exact) mass is 245 g/mol. The Morgan fingerprint density at radius 1 is 1.28 bits per heavy atom. The molecule has 0 saturated heterocycles. The van der Waals surface area contributed by atoms with Crippen LogP contribution in [0.15, 0.2) is 36.7 Å². The summed E-state index contributed by atoms with van der Waals surface area (Å²) in [4.78, 5) is 4.35. The zero-order valence-corrected chi connectivity index (χ0v) is 10.8. The molecule has 4 heteroatoms. The van der Waals surface area contributed by atoms with Gasteiger partial charge in [0, 0.05) is 25.0 Å². The van der Waals surface area contributed by atoms with E-state index in [4.69, 9.17) is 0 Å². The molecule has 0 bridgehead atoms. The number of nitrogens with zero attached hydrogens (tertiary/aromatic N) is 2. The highest BCUT2D eigenvalue weighted by Gasteiger charge is 2.04. The Labute approximate surface area is 107 Å². The van der Waals surface area contributed by atoms with Crippen LogP contribution in [0.5, 0.6) is 5.75 Å². The van der Waals surface area contributed by atoms with Crippen molar-refractivity contribution >= 4 is 0 Å². The molecule has 0 aliphatic carbocycles. The van der Waals surface area contributed by atoms with Crippen LogP contribution in [-0.4, -0.2) is 20.7 Å². The van der Waals surface area contributed by atoms with Crippen molar-refractivity contribution in [3.63, 3.8) is 0 Å². The summed E-state index contributed by atoms with van der Waals surface area (Å²) in [5.74, 6) is 1.32. The third-order valence-corrected chi connectivity index (χ3v) is 2.76. The third kappa shape index (κ3) is 3.34. The number of aromatic hydroxyl groups is 1. The van der Waals surface area contributed by atoms with Crippen molar-refractivity contribution in [1.29, 1.82) is 0 Å². The van der Waals surface area contributed by atoms with Crippen LogP contribution in [0, 0.1) is 0 Å². The van der Waals surface area contributed by atoms with Gasteiger partial charge in [-0.3, -0.25) is 0 Å². The highest BCUT2D eigenvalue weighted by molar-refractivity contribution is 5.26. The zero-order chi connectivity index (χ0) is 13.0. The first-order valence-corrected chi connectivity index (χ1v) is 6.16. The lowest BCUT2D eigenvalue weighted by Crippen LogP contribution is -2.24. The van der Waals surface area contributed by atoms with Gasteiger partial charge in [-0.15, -0.1) is 0 Å². The Morgan fingerprint density at radius 2 is 2.00 bits per heavy atom. The minimum atomic E-state index is 0.297. The predicted molar refractivity (Wildman–Crippen MR) is 71.4 cm³/mol. The summed E-state index contributed by atoms with van der Waals surface area (Å²) in [6.45, 7) is 5.78. The summed E-state index contributed by atoms with van der Waals surface area (Å²) in [5.41, 5.74) is 1.15. The van der Waals surface area contributed by atoms with Gasteiger partial charge in [-0.1, -0.05) is 26.0 Å². The second kappa shape index (κ2) is 5.69. The molecule has 18 heavy (non-hydrogen) atoms. The van der Waals surface area contributed by atoms with E-state index in [0.29, 0.717) is 11.8 Å². The smallest absolute Gasteiger partial charge is 0.122 e. The average Bonchev–Trinajstić information content (AvgIpc) is 2.77. The quantitative estimate of drug-likeness (QED) is 0.848. The predicted octanol–water partition coefficient (Wildman–Crippen LogP) is 2.13. The molecule has 4 nitrogen and oxygen atoms in total. The first-order chi connectivity index (χ1) is 8.65. The number of phenolic OH excluding ortho intramolecular Hbond substituents is 1. The van der Waals surface area contributed by atoms with Gasteiger partial charge in [0.2, 0.25) is 0 Å². The van der Waals surface area contributed by atoms with Crippen molar-refractivity contribution in [2.24, 2.45) is 0 Å². The second-order valence-corrected chi connectivity index (χ2v) is 4.67. The van der Waals surface area contributed by atoms with E-state index in [1.807, 2.05) is 24.5 Å². The molecule has 2 rings (SSSR count). The largest absolute Gasteiger partial charge is 0.508 e. The lowest BCUT2D eigenvalue weighted by Gasteiger charge is -2.11. The molecule has 0 amide bonds. The lowest BCUT2D eigenvalue weighted by atomic mass is 10.2. The average molecular weight is 245 g/mol. The highest BCUT2D eigenvalue weighted by Crippen LogP contribution is 2.11. The minimum Gasteiger partial charge on any atom is -0.508 e. The second-order valence-electron chi connectivity index (χ2n) is 4.67. The summed E-state index contributed by atoms with van der Waals surface area (Å²) < 4.78 is 2.11. The van der Waals surface area contributed by atoms with Gasteiger partial charge in [0.25, 0.3) is 0 Å². The van der Waals surface area contributed by atoms with Gasteiger partial charge in [-0.25, -0.2) is 4.98 Å². The molecule has 0 saturated carbocycles. The topological polar surface area (TPSA) is 50.1 Å². The molecule has 1 aromatic carbocycles. The van der Waals surface area contributed by atoms with Gasteiger partial charge in [-0.05, 0) is 17.7 Å². The fourth-order valence-corrected chi connectivity index (χ4v) is 1.74. The number of aromatic nitrogens is 2. The molecule has 0 aliphatic heterocycles. The molecule has 1 aromatic heterocycles. The molecule has 96 valence electrons. The van der Waals surface area contributed by atoms with Crippen LogP contribution in [0.25, 0.3) is 0 Å². The third-order valence-electron chi connectivity index (χ3n) is 2.76. The molecular formula is C14H19N3O. The summed E-state index contributed by atoms with van der Waals surface area (Å²) in [5, 5.41) is 12.6. The van der Waals surface area contributed by atoms with Crippen LogP contribution in [0.3, 0.4) is 0 Å². The lowest BCUT2D eigenvalue weighted by molar-refractivity contribution is 0.475. The fourth-order valence-electron chi connectivity index (χ4n) is 1.74. The van der Waals surface area contributed by atoms with E-state index >= 15 is 0 Å². The Bertz CT molecular complexity index is 488. The van der Waals surface area contributed by atoms with Gasteiger partial charge in [0.1, 0.15) is 11.6 Å². The van der Waals surface area contributed by atoms with Crippen molar-refractivity contribution < 1.29 is 5.11 Å². The van der Waals surface area contributed by atoms with Gasteiger partial charge >= 0.3 is 0 Å². The molecule has 0 unspecified atom stereocenters. The number of rotatable bonds is 5. The van der Waals surface area contributed by atoms with E-state index in [-0.39, 0.29) is 0 Å². The maximum absolute atomic E-state index is 9.25. The molecule has 0 atom stereocenters. The molecular weight excluding hydrogens is 226 g/mol. The number of benzene rings is 1. The summed E-state index contributed by atoms with van der Waals surface area (Å²) in [6.07, 6.45) is 3.79. The van der Waals surface area contributed by atoms with Crippen LogP contribution < -0.4 is 5.32 Å². The number of hydrogen-bond donors (Lipinski definition) is 2. The number of imidazole rings is 1. The van der Waals surface area contributed by atoms with Crippen LogP contribution in [0.1, 0.15) is 25.2 Å². The first-order valence-electron chi connectivity index (χ1n) is 6.16. The van der Waals surface area contributed by atoms with Crippen molar-refractivity contribution in [1.82, 2.24) is 14.9 Å². The van der Waals surface area contributed by atoms with Gasteiger partial charge in [0.05, 0.1) is 6.54 Å². The van der Waals surface area contributed by atoms with Crippen LogP contribution >= 0.6 is 0 Å². The van der Waals surface area contributed by atoms with Crippen LogP contribution in [0.4, 0.5) is 0 Å². The van der Waals surface area contributed by atoms with Gasteiger partial charge in [-0.2, -0.15) is 0 Å². The first kappa shape index (κ1) is 12.6. The number of nitrogens with one attached hydrogen (secondary N) is 1. The normalized spacial score (nSPS) is 11.1. The summed E-state index contributed by atoms with van der Waals surface area (Å²) in [6, 6.07) is 7.71. The van der Waals surface area contributed by atoms with Crippen LogP contribution in [-0.2, 0) is 13.1 Å². The van der Waals surface area contributed by atoms with Crippen molar-refractivity contribution in [2.75, 3.05) is 0 Å². The van der Waals surface area contributed by atoms with Gasteiger partial charge < -0.3 is 15.0 Å².